The molecule has 1 amide bonds. The van der Waals surface area contributed by atoms with Crippen molar-refractivity contribution in [3.05, 3.63) is 95.8 Å². The van der Waals surface area contributed by atoms with Crippen molar-refractivity contribution in [3.63, 3.8) is 0 Å². The standard InChI is InChI=1S/C21H19FN2O/c1-24(15-16-8-7-9-17(22)14-16)21(25)19-12-5-6-13-20(19)23-18-10-3-2-4-11-18/h2-14,23H,15H2,1H3. The van der Waals surface area contributed by atoms with E-state index in [0.29, 0.717) is 12.1 Å². The zero-order valence-electron chi connectivity index (χ0n) is 13.9. The highest BCUT2D eigenvalue weighted by Crippen LogP contribution is 2.22. The van der Waals surface area contributed by atoms with E-state index in [4.69, 9.17) is 0 Å². The minimum atomic E-state index is -0.301. The van der Waals surface area contributed by atoms with Crippen molar-refractivity contribution in [2.45, 2.75) is 6.54 Å². The molecule has 0 spiro atoms. The first-order valence-electron chi connectivity index (χ1n) is 8.04. The van der Waals surface area contributed by atoms with Gasteiger partial charge in [0, 0.05) is 19.3 Å². The summed E-state index contributed by atoms with van der Waals surface area (Å²) < 4.78 is 13.3. The lowest BCUT2D eigenvalue weighted by Gasteiger charge is -2.20. The molecule has 3 aromatic rings. The Kier molecular flexibility index (Phi) is 5.09. The quantitative estimate of drug-likeness (QED) is 0.724. The molecule has 0 aliphatic carbocycles. The molecule has 0 aromatic heterocycles. The Hall–Kier alpha value is -3.14. The number of nitrogens with zero attached hydrogens (tertiary/aromatic N) is 1. The van der Waals surface area contributed by atoms with Crippen LogP contribution in [0, 0.1) is 5.82 Å². The summed E-state index contributed by atoms with van der Waals surface area (Å²) in [7, 11) is 1.71. The molecule has 126 valence electrons. The van der Waals surface area contributed by atoms with Crippen LogP contribution >= 0.6 is 0 Å². The maximum absolute atomic E-state index is 13.3. The zero-order valence-corrected chi connectivity index (χ0v) is 13.9. The summed E-state index contributed by atoms with van der Waals surface area (Å²) in [5, 5.41) is 3.27. The van der Waals surface area contributed by atoms with E-state index >= 15 is 0 Å². The van der Waals surface area contributed by atoms with Gasteiger partial charge in [-0.05, 0) is 42.0 Å². The first kappa shape index (κ1) is 16.7. The van der Waals surface area contributed by atoms with Crippen LogP contribution in [0.4, 0.5) is 15.8 Å². The fourth-order valence-electron chi connectivity index (χ4n) is 2.64. The molecule has 3 aromatic carbocycles. The first-order chi connectivity index (χ1) is 12.1. The van der Waals surface area contributed by atoms with Crippen LogP contribution in [0.15, 0.2) is 78.9 Å². The highest BCUT2D eigenvalue weighted by atomic mass is 19.1. The number of nitrogens with one attached hydrogen (secondary N) is 1. The van der Waals surface area contributed by atoms with Crippen LogP contribution in [0.2, 0.25) is 0 Å². The highest BCUT2D eigenvalue weighted by molar-refractivity contribution is 6.00. The van der Waals surface area contributed by atoms with E-state index in [-0.39, 0.29) is 11.7 Å². The molecule has 0 bridgehead atoms. The molecule has 0 aliphatic rings. The van der Waals surface area contributed by atoms with Gasteiger partial charge in [0.15, 0.2) is 0 Å². The average Bonchev–Trinajstić information content (AvgIpc) is 2.62. The summed E-state index contributed by atoms with van der Waals surface area (Å²) in [6, 6.07) is 23.4. The zero-order chi connectivity index (χ0) is 17.6. The Balaban J connectivity index is 1.79. The predicted molar refractivity (Wildman–Crippen MR) is 98.4 cm³/mol. The molecule has 0 unspecified atom stereocenters. The van der Waals surface area contributed by atoms with Crippen molar-refractivity contribution >= 4 is 17.3 Å². The number of hydrogen-bond donors (Lipinski definition) is 1. The summed E-state index contributed by atoms with van der Waals surface area (Å²) in [4.78, 5) is 14.4. The van der Waals surface area contributed by atoms with Crippen LogP contribution in [-0.2, 0) is 6.54 Å². The Morgan fingerprint density at radius 2 is 1.68 bits per heavy atom. The lowest BCUT2D eigenvalue weighted by atomic mass is 10.1. The van der Waals surface area contributed by atoms with Crippen molar-refractivity contribution in [3.8, 4) is 0 Å². The van der Waals surface area contributed by atoms with Gasteiger partial charge >= 0.3 is 0 Å². The molecule has 25 heavy (non-hydrogen) atoms. The van der Waals surface area contributed by atoms with Gasteiger partial charge in [0.25, 0.3) is 5.91 Å². The van der Waals surface area contributed by atoms with Crippen LogP contribution in [0.5, 0.6) is 0 Å². The molecule has 3 rings (SSSR count). The number of carbonyl (C=O) groups excluding carboxylic acids is 1. The van der Waals surface area contributed by atoms with Crippen LogP contribution in [0.3, 0.4) is 0 Å². The van der Waals surface area contributed by atoms with Gasteiger partial charge in [-0.25, -0.2) is 4.39 Å². The highest BCUT2D eigenvalue weighted by Gasteiger charge is 2.16. The number of anilines is 2. The third-order valence-electron chi connectivity index (χ3n) is 3.87. The number of rotatable bonds is 5. The van der Waals surface area contributed by atoms with Crippen molar-refractivity contribution in [1.29, 1.82) is 0 Å². The Morgan fingerprint density at radius 3 is 2.44 bits per heavy atom. The Morgan fingerprint density at radius 1 is 0.960 bits per heavy atom. The smallest absolute Gasteiger partial charge is 0.256 e. The van der Waals surface area contributed by atoms with Crippen molar-refractivity contribution < 1.29 is 9.18 Å². The second-order valence-electron chi connectivity index (χ2n) is 5.83. The average molecular weight is 334 g/mol. The number of amides is 1. The van der Waals surface area contributed by atoms with E-state index in [1.807, 2.05) is 48.5 Å². The number of hydrogen-bond acceptors (Lipinski definition) is 2. The van der Waals surface area contributed by atoms with Crippen molar-refractivity contribution in [2.75, 3.05) is 12.4 Å². The number of benzene rings is 3. The monoisotopic (exact) mass is 334 g/mol. The third kappa shape index (κ3) is 4.23. The lowest BCUT2D eigenvalue weighted by molar-refractivity contribution is 0.0786. The van der Waals surface area contributed by atoms with Gasteiger partial charge in [0.1, 0.15) is 5.82 Å². The minimum absolute atomic E-state index is 0.122. The van der Waals surface area contributed by atoms with Crippen molar-refractivity contribution in [2.24, 2.45) is 0 Å². The normalized spacial score (nSPS) is 10.3. The molecule has 0 atom stereocenters. The maximum Gasteiger partial charge on any atom is 0.256 e. The second kappa shape index (κ2) is 7.62. The van der Waals surface area contributed by atoms with E-state index < -0.39 is 0 Å². The molecular weight excluding hydrogens is 315 g/mol. The van der Waals surface area contributed by atoms with E-state index in [9.17, 15) is 9.18 Å². The van der Waals surface area contributed by atoms with Crippen molar-refractivity contribution in [1.82, 2.24) is 4.90 Å². The van der Waals surface area contributed by atoms with Gasteiger partial charge in [-0.3, -0.25) is 4.79 Å². The van der Waals surface area contributed by atoms with Crippen LogP contribution in [0.25, 0.3) is 0 Å². The SMILES string of the molecule is CN(Cc1cccc(F)c1)C(=O)c1ccccc1Nc1ccccc1. The first-order valence-corrected chi connectivity index (χ1v) is 8.04. The summed E-state index contributed by atoms with van der Waals surface area (Å²) in [5.41, 5.74) is 2.98. The van der Waals surface area contributed by atoms with Gasteiger partial charge in [0.2, 0.25) is 0 Å². The lowest BCUT2D eigenvalue weighted by Crippen LogP contribution is -2.26. The molecule has 0 heterocycles. The van der Waals surface area contributed by atoms with E-state index in [2.05, 4.69) is 5.32 Å². The summed E-state index contributed by atoms with van der Waals surface area (Å²) in [6.45, 7) is 0.344. The Labute approximate surface area is 146 Å². The largest absolute Gasteiger partial charge is 0.355 e. The van der Waals surface area contributed by atoms with E-state index in [1.165, 1.54) is 12.1 Å². The summed E-state index contributed by atoms with van der Waals surface area (Å²) >= 11 is 0. The van der Waals surface area contributed by atoms with E-state index in [0.717, 1.165) is 16.9 Å². The topological polar surface area (TPSA) is 32.3 Å². The molecule has 4 heteroatoms. The van der Waals surface area contributed by atoms with Crippen LogP contribution in [0.1, 0.15) is 15.9 Å². The number of carbonyl (C=O) groups is 1. The number of halogens is 1. The summed E-state index contributed by atoms with van der Waals surface area (Å²) in [6.07, 6.45) is 0. The fourth-order valence-corrected chi connectivity index (χ4v) is 2.64. The maximum atomic E-state index is 13.3. The van der Waals surface area contributed by atoms with Crippen LogP contribution < -0.4 is 5.32 Å². The molecule has 0 aliphatic heterocycles. The number of para-hydroxylation sites is 2. The van der Waals surface area contributed by atoms with Gasteiger partial charge < -0.3 is 10.2 Å². The molecule has 0 saturated heterocycles. The molecule has 1 N–H and O–H groups in total. The Bertz CT molecular complexity index is 865. The summed E-state index contributed by atoms with van der Waals surface area (Å²) in [5.74, 6) is -0.423. The molecular formula is C21H19FN2O. The molecule has 0 fully saturated rings. The second-order valence-corrected chi connectivity index (χ2v) is 5.83. The predicted octanol–water partition coefficient (Wildman–Crippen LogP) is 4.84. The van der Waals surface area contributed by atoms with Gasteiger partial charge in [-0.1, -0.05) is 42.5 Å². The third-order valence-corrected chi connectivity index (χ3v) is 3.87. The van der Waals surface area contributed by atoms with Crippen LogP contribution in [-0.4, -0.2) is 17.9 Å². The fraction of sp³-hybridized carbons (Fsp3) is 0.0952. The molecule has 0 radical (unpaired) electrons. The minimum Gasteiger partial charge on any atom is -0.355 e. The van der Waals surface area contributed by atoms with E-state index in [1.54, 1.807) is 30.1 Å². The van der Waals surface area contributed by atoms with Gasteiger partial charge in [0.05, 0.1) is 11.3 Å². The molecule has 3 nitrogen and oxygen atoms in total. The van der Waals surface area contributed by atoms with Gasteiger partial charge in [-0.15, -0.1) is 0 Å². The molecule has 0 saturated carbocycles. The van der Waals surface area contributed by atoms with Gasteiger partial charge in [-0.2, -0.15) is 0 Å².